The number of halogens is 1. The highest BCUT2D eigenvalue weighted by molar-refractivity contribution is 6.20. The number of rotatable bonds is 5. The third-order valence-electron chi connectivity index (χ3n) is 4.27. The van der Waals surface area contributed by atoms with E-state index in [1.165, 1.54) is 0 Å². The molecular weight excluding hydrogens is 288 g/mol. The summed E-state index contributed by atoms with van der Waals surface area (Å²) in [6.07, 6.45) is 4.66. The smallest absolute Gasteiger partial charge is 0.161 e. The van der Waals surface area contributed by atoms with Crippen molar-refractivity contribution < 1.29 is 14.2 Å². The Kier molecular flexibility index (Phi) is 4.91. The summed E-state index contributed by atoms with van der Waals surface area (Å²) in [6.45, 7) is 4.29. The van der Waals surface area contributed by atoms with Crippen LogP contribution in [0.1, 0.15) is 43.5 Å². The van der Waals surface area contributed by atoms with Gasteiger partial charge in [-0.2, -0.15) is 0 Å². The van der Waals surface area contributed by atoms with E-state index in [0.29, 0.717) is 18.6 Å². The molecule has 0 aromatic heterocycles. The Morgan fingerprint density at radius 3 is 2.76 bits per heavy atom. The molecule has 21 heavy (non-hydrogen) atoms. The quantitative estimate of drug-likeness (QED) is 0.757. The van der Waals surface area contributed by atoms with Gasteiger partial charge in [-0.3, -0.25) is 0 Å². The number of ether oxygens (including phenoxy) is 3. The van der Waals surface area contributed by atoms with Crippen LogP contribution in [-0.2, 0) is 4.74 Å². The van der Waals surface area contributed by atoms with Gasteiger partial charge in [-0.1, -0.05) is 6.07 Å². The maximum atomic E-state index is 6.58. The fourth-order valence-corrected chi connectivity index (χ4v) is 3.43. The molecule has 1 atom stereocenters. The summed E-state index contributed by atoms with van der Waals surface area (Å²) in [5.74, 6) is 2.34. The van der Waals surface area contributed by atoms with Crippen molar-refractivity contribution in [2.45, 2.75) is 44.1 Å². The molecule has 2 aliphatic rings. The van der Waals surface area contributed by atoms with Crippen molar-refractivity contribution in [2.24, 2.45) is 5.92 Å². The van der Waals surface area contributed by atoms with Crippen LogP contribution in [0, 0.1) is 5.92 Å². The normalized spacial score (nSPS) is 25.8. The van der Waals surface area contributed by atoms with Crippen LogP contribution in [0.3, 0.4) is 0 Å². The second kappa shape index (κ2) is 6.89. The highest BCUT2D eigenvalue weighted by Crippen LogP contribution is 2.41. The minimum absolute atomic E-state index is 0.0368. The lowest BCUT2D eigenvalue weighted by molar-refractivity contribution is -0.0267. The predicted octanol–water partition coefficient (Wildman–Crippen LogP) is 4.33. The van der Waals surface area contributed by atoms with Crippen molar-refractivity contribution in [1.29, 1.82) is 0 Å². The van der Waals surface area contributed by atoms with Gasteiger partial charge in [0.1, 0.15) is 0 Å². The molecular formula is C17H23ClO3. The van der Waals surface area contributed by atoms with E-state index in [2.05, 4.69) is 13.0 Å². The summed E-state index contributed by atoms with van der Waals surface area (Å²) < 4.78 is 17.0. The number of fused-ring (bicyclic) bond motifs is 1. The largest absolute Gasteiger partial charge is 0.490 e. The maximum absolute atomic E-state index is 6.58. The first-order chi connectivity index (χ1) is 10.3. The topological polar surface area (TPSA) is 27.7 Å². The van der Waals surface area contributed by atoms with Crippen LogP contribution in [0.2, 0.25) is 0 Å². The molecule has 1 heterocycles. The first kappa shape index (κ1) is 15.0. The third kappa shape index (κ3) is 3.64. The van der Waals surface area contributed by atoms with E-state index in [0.717, 1.165) is 56.0 Å². The molecule has 1 aliphatic heterocycles. The third-order valence-corrected chi connectivity index (χ3v) is 4.70. The predicted molar refractivity (Wildman–Crippen MR) is 83.4 cm³/mol. The van der Waals surface area contributed by atoms with Gasteiger partial charge in [0.05, 0.1) is 24.7 Å². The Balaban J connectivity index is 1.58. The molecule has 4 heteroatoms. The van der Waals surface area contributed by atoms with Gasteiger partial charge in [0, 0.05) is 13.0 Å². The van der Waals surface area contributed by atoms with E-state index in [1.807, 2.05) is 12.1 Å². The van der Waals surface area contributed by atoms with Gasteiger partial charge < -0.3 is 14.2 Å². The molecule has 0 amide bonds. The molecule has 1 saturated carbocycles. The fraction of sp³-hybridized carbons (Fsp3) is 0.647. The highest BCUT2D eigenvalue weighted by atomic mass is 35.5. The lowest BCUT2D eigenvalue weighted by atomic mass is 9.78. The van der Waals surface area contributed by atoms with Gasteiger partial charge in [-0.15, -0.1) is 11.6 Å². The molecule has 116 valence electrons. The number of hydrogen-bond donors (Lipinski definition) is 0. The molecule has 0 radical (unpaired) electrons. The zero-order valence-corrected chi connectivity index (χ0v) is 13.3. The summed E-state index contributed by atoms with van der Waals surface area (Å²) in [5.41, 5.74) is 1.13. The lowest BCUT2D eigenvalue weighted by Gasteiger charge is -2.36. The van der Waals surface area contributed by atoms with Crippen molar-refractivity contribution in [3.8, 4) is 11.5 Å². The molecule has 0 bridgehead atoms. The van der Waals surface area contributed by atoms with E-state index in [9.17, 15) is 0 Å². The minimum atomic E-state index is 0.0368. The highest BCUT2D eigenvalue weighted by Gasteiger charge is 2.31. The Morgan fingerprint density at radius 2 is 2.00 bits per heavy atom. The van der Waals surface area contributed by atoms with Crippen LogP contribution < -0.4 is 9.47 Å². The van der Waals surface area contributed by atoms with E-state index in [-0.39, 0.29) is 5.38 Å². The van der Waals surface area contributed by atoms with Crippen molar-refractivity contribution in [2.75, 3.05) is 19.8 Å². The van der Waals surface area contributed by atoms with E-state index >= 15 is 0 Å². The zero-order valence-electron chi connectivity index (χ0n) is 12.5. The first-order valence-corrected chi connectivity index (χ1v) is 8.35. The Bertz CT molecular complexity index is 471. The number of hydrogen-bond acceptors (Lipinski definition) is 3. The summed E-state index contributed by atoms with van der Waals surface area (Å²) in [5, 5.41) is 0.0368. The van der Waals surface area contributed by atoms with Crippen molar-refractivity contribution in [1.82, 2.24) is 0 Å². The van der Waals surface area contributed by atoms with Gasteiger partial charge in [0.2, 0.25) is 0 Å². The fourth-order valence-electron chi connectivity index (χ4n) is 3.04. The van der Waals surface area contributed by atoms with Crippen molar-refractivity contribution in [3.63, 3.8) is 0 Å². The summed E-state index contributed by atoms with van der Waals surface area (Å²) >= 11 is 6.58. The molecule has 1 aromatic rings. The van der Waals surface area contributed by atoms with Crippen LogP contribution in [0.4, 0.5) is 0 Å². The van der Waals surface area contributed by atoms with E-state index in [1.54, 1.807) is 0 Å². The molecule has 3 nitrogen and oxygen atoms in total. The molecule has 0 spiro atoms. The van der Waals surface area contributed by atoms with Crippen LogP contribution in [0.5, 0.6) is 11.5 Å². The standard InChI is InChI=1S/C17H23ClO3/c1-2-19-14-8-12(9-14)10-15(18)13-4-5-16-17(11-13)21-7-3-6-20-16/h4-5,11-12,14-15H,2-3,6-10H2,1H3. The maximum Gasteiger partial charge on any atom is 0.161 e. The number of benzene rings is 1. The summed E-state index contributed by atoms with van der Waals surface area (Å²) in [7, 11) is 0. The lowest BCUT2D eigenvalue weighted by Crippen LogP contribution is -2.31. The number of alkyl halides is 1. The second-order valence-electron chi connectivity index (χ2n) is 5.87. The zero-order chi connectivity index (χ0) is 14.7. The average molecular weight is 311 g/mol. The molecule has 0 N–H and O–H groups in total. The van der Waals surface area contributed by atoms with E-state index in [4.69, 9.17) is 25.8 Å². The molecule has 0 saturated heterocycles. The van der Waals surface area contributed by atoms with Crippen molar-refractivity contribution >= 4 is 11.6 Å². The minimum Gasteiger partial charge on any atom is -0.490 e. The van der Waals surface area contributed by atoms with Gasteiger partial charge in [-0.05, 0) is 49.8 Å². The average Bonchev–Trinajstić information content (AvgIpc) is 2.69. The van der Waals surface area contributed by atoms with Crippen LogP contribution in [0.25, 0.3) is 0 Å². The summed E-state index contributed by atoms with van der Waals surface area (Å²) in [4.78, 5) is 0. The molecule has 1 fully saturated rings. The molecule has 1 aromatic carbocycles. The van der Waals surface area contributed by atoms with Crippen molar-refractivity contribution in [3.05, 3.63) is 23.8 Å². The monoisotopic (exact) mass is 310 g/mol. The molecule has 1 aliphatic carbocycles. The van der Waals surface area contributed by atoms with Crippen LogP contribution in [-0.4, -0.2) is 25.9 Å². The van der Waals surface area contributed by atoms with Gasteiger partial charge in [-0.25, -0.2) is 0 Å². The molecule has 1 unspecified atom stereocenters. The molecule has 3 rings (SSSR count). The van der Waals surface area contributed by atoms with E-state index < -0.39 is 0 Å². The van der Waals surface area contributed by atoms with Gasteiger partial charge in [0.15, 0.2) is 11.5 Å². The van der Waals surface area contributed by atoms with Crippen LogP contribution >= 0.6 is 11.6 Å². The van der Waals surface area contributed by atoms with Gasteiger partial charge >= 0.3 is 0 Å². The Hall–Kier alpha value is -0.930. The summed E-state index contributed by atoms with van der Waals surface area (Å²) in [6, 6.07) is 6.08. The Labute approximate surface area is 131 Å². The first-order valence-electron chi connectivity index (χ1n) is 7.91. The SMILES string of the molecule is CCOC1CC(CC(Cl)c2ccc3c(c2)OCCCO3)C1. The Morgan fingerprint density at radius 1 is 1.24 bits per heavy atom. The van der Waals surface area contributed by atoms with Gasteiger partial charge in [0.25, 0.3) is 0 Å². The second-order valence-corrected chi connectivity index (χ2v) is 6.40. The van der Waals surface area contributed by atoms with Crippen LogP contribution in [0.15, 0.2) is 18.2 Å².